The van der Waals surface area contributed by atoms with Crippen molar-refractivity contribution in [1.29, 1.82) is 0 Å². The number of carbonyl (C=O) groups excluding carboxylic acids is 3. The minimum absolute atomic E-state index is 0.00928. The third kappa shape index (κ3) is 8.13. The third-order valence-corrected chi connectivity index (χ3v) is 7.49. The number of rotatable bonds is 10. The van der Waals surface area contributed by atoms with Crippen LogP contribution in [0.3, 0.4) is 0 Å². The normalized spacial score (nSPS) is 21.6. The molecule has 230 valence electrons. The van der Waals surface area contributed by atoms with Gasteiger partial charge in [-0.3, -0.25) is 29.2 Å². The van der Waals surface area contributed by atoms with E-state index >= 15 is 0 Å². The van der Waals surface area contributed by atoms with Crippen LogP contribution in [0, 0.1) is 26.1 Å². The summed E-state index contributed by atoms with van der Waals surface area (Å²) < 4.78 is 39.3. The van der Waals surface area contributed by atoms with Gasteiger partial charge in [0.05, 0.1) is 28.8 Å². The molecule has 2 aromatic carbocycles. The van der Waals surface area contributed by atoms with Gasteiger partial charge in [0, 0.05) is 42.8 Å². The molecule has 18 heteroatoms. The minimum Gasteiger partial charge on any atom is -0.445 e. The van der Waals surface area contributed by atoms with Crippen molar-refractivity contribution in [3.63, 3.8) is 0 Å². The van der Waals surface area contributed by atoms with Crippen LogP contribution >= 0.6 is 0 Å². The van der Waals surface area contributed by atoms with Crippen molar-refractivity contribution in [2.75, 3.05) is 19.3 Å². The van der Waals surface area contributed by atoms with E-state index in [1.807, 2.05) is 0 Å². The Morgan fingerprint density at radius 3 is 2.02 bits per heavy atom. The smallest absolute Gasteiger partial charge is 0.410 e. The Morgan fingerprint density at radius 1 is 0.977 bits per heavy atom. The number of nitro groups is 2. The molecule has 17 nitrogen and oxygen atoms in total. The second kappa shape index (κ2) is 13.0. The van der Waals surface area contributed by atoms with Gasteiger partial charge < -0.3 is 25.0 Å². The van der Waals surface area contributed by atoms with Crippen molar-refractivity contribution in [3.8, 4) is 0 Å². The topological polar surface area (TPSA) is 227 Å². The Bertz CT molecular complexity index is 1500. The van der Waals surface area contributed by atoms with Gasteiger partial charge in [0.15, 0.2) is 0 Å². The van der Waals surface area contributed by atoms with Gasteiger partial charge in [-0.1, -0.05) is 0 Å². The van der Waals surface area contributed by atoms with E-state index in [2.05, 4.69) is 10.6 Å². The first-order valence-corrected chi connectivity index (χ1v) is 14.6. The van der Waals surface area contributed by atoms with E-state index in [-0.39, 0.29) is 44.1 Å². The van der Waals surface area contributed by atoms with Crippen LogP contribution in [0.1, 0.15) is 17.5 Å². The van der Waals surface area contributed by atoms with E-state index in [0.29, 0.717) is 11.1 Å². The number of non-ortho nitro benzene ring substituents is 2. The summed E-state index contributed by atoms with van der Waals surface area (Å²) in [5.41, 5.74) is 0.654. The highest BCUT2D eigenvalue weighted by Crippen LogP contribution is 2.32. The Labute approximate surface area is 244 Å². The van der Waals surface area contributed by atoms with Crippen LogP contribution in [0.2, 0.25) is 0 Å². The van der Waals surface area contributed by atoms with Crippen LogP contribution in [-0.2, 0) is 41.8 Å². The number of ether oxygens (including phenoxy) is 2. The highest BCUT2D eigenvalue weighted by molar-refractivity contribution is 7.86. The number of nitro benzene ring substituents is 2. The number of hydrogen-bond donors (Lipinski definition) is 2. The molecule has 0 spiro atoms. The quantitative estimate of drug-likeness (QED) is 0.219. The average molecular weight is 622 g/mol. The predicted octanol–water partition coefficient (Wildman–Crippen LogP) is 1.60. The molecule has 2 N–H and O–H groups in total. The second-order valence-corrected chi connectivity index (χ2v) is 11.5. The van der Waals surface area contributed by atoms with Gasteiger partial charge in [-0.15, -0.1) is 0 Å². The number of likely N-dealkylation sites (tertiary alicyclic amines) is 1. The molecule has 4 atom stereocenters. The molecular weight excluding hydrogens is 594 g/mol. The lowest BCUT2D eigenvalue weighted by molar-refractivity contribution is -0.385. The Kier molecular flexibility index (Phi) is 9.40. The molecule has 0 aliphatic carbocycles. The van der Waals surface area contributed by atoms with E-state index in [1.54, 1.807) is 0 Å². The van der Waals surface area contributed by atoms with Crippen molar-refractivity contribution in [2.24, 2.45) is 5.92 Å². The van der Waals surface area contributed by atoms with Gasteiger partial charge in [-0.05, 0) is 41.8 Å². The summed E-state index contributed by atoms with van der Waals surface area (Å²) in [6, 6.07) is 8.73. The lowest BCUT2D eigenvalue weighted by atomic mass is 9.92. The van der Waals surface area contributed by atoms with E-state index in [4.69, 9.17) is 13.7 Å². The van der Waals surface area contributed by atoms with E-state index < -0.39 is 62.2 Å². The number of alkyl carbamates (subject to hydrolysis) is 1. The first kappa shape index (κ1) is 31.1. The third-order valence-electron chi connectivity index (χ3n) is 6.87. The fourth-order valence-electron chi connectivity index (χ4n) is 4.90. The molecule has 2 saturated heterocycles. The summed E-state index contributed by atoms with van der Waals surface area (Å²) >= 11 is 0. The van der Waals surface area contributed by atoms with Crippen molar-refractivity contribution in [3.05, 3.63) is 79.9 Å². The first-order chi connectivity index (χ1) is 20.3. The zero-order valence-corrected chi connectivity index (χ0v) is 23.4. The maximum atomic E-state index is 13.1. The van der Waals surface area contributed by atoms with Crippen LogP contribution in [0.25, 0.3) is 0 Å². The van der Waals surface area contributed by atoms with Crippen LogP contribution < -0.4 is 10.6 Å². The first-order valence-electron chi connectivity index (χ1n) is 12.8. The number of benzene rings is 2. The molecule has 0 aromatic heterocycles. The van der Waals surface area contributed by atoms with Crippen molar-refractivity contribution in [2.45, 2.75) is 37.8 Å². The van der Waals surface area contributed by atoms with Gasteiger partial charge in [-0.25, -0.2) is 9.59 Å². The van der Waals surface area contributed by atoms with Gasteiger partial charge >= 0.3 is 12.2 Å². The molecular formula is C25H27N5O12S. The van der Waals surface area contributed by atoms with Crippen LogP contribution in [0.4, 0.5) is 21.0 Å². The van der Waals surface area contributed by atoms with E-state index in [0.717, 1.165) is 6.26 Å². The fraction of sp³-hybridized carbons (Fsp3) is 0.400. The van der Waals surface area contributed by atoms with E-state index in [9.17, 15) is 43.0 Å². The zero-order chi connectivity index (χ0) is 31.3. The number of nitrogens with one attached hydrogen (secondary N) is 2. The summed E-state index contributed by atoms with van der Waals surface area (Å²) in [5, 5.41) is 26.8. The Balaban J connectivity index is 1.43. The molecule has 0 radical (unpaired) electrons. The summed E-state index contributed by atoms with van der Waals surface area (Å²) in [4.78, 5) is 60.1. The van der Waals surface area contributed by atoms with Crippen molar-refractivity contribution in [1.82, 2.24) is 15.5 Å². The SMILES string of the molecule is CS(=O)(=O)O[C@@H]1C[C@@H](C2CNC(=O)C2NC(=O)OCc2ccc([N+](=O)[O-])cc2)N(C(=O)OCc2ccc([N+](=O)[O-])cc2)C1. The molecule has 43 heavy (non-hydrogen) atoms. The Morgan fingerprint density at radius 2 is 1.51 bits per heavy atom. The van der Waals surface area contributed by atoms with Gasteiger partial charge in [-0.2, -0.15) is 8.42 Å². The standard InChI is InChI=1S/C25H27N5O12S/c1-43(38,39)42-19-10-21(28(12-19)25(33)41-14-16-4-8-18(9-5-16)30(36)37)20-11-26-23(31)22(20)27-24(32)40-13-15-2-6-17(7-3-15)29(34)35/h2-9,19-22H,10-14H2,1H3,(H,26,31)(H,27,32)/t19-,20?,21+,22?/m1/s1. The summed E-state index contributed by atoms with van der Waals surface area (Å²) in [7, 11) is -3.90. The monoisotopic (exact) mass is 621 g/mol. The molecule has 2 aromatic rings. The Hall–Kier alpha value is -4.84. The molecule has 2 heterocycles. The van der Waals surface area contributed by atoms with Crippen LogP contribution in [0.15, 0.2) is 48.5 Å². The van der Waals surface area contributed by atoms with Crippen molar-refractivity contribution < 1.29 is 46.3 Å². The zero-order valence-electron chi connectivity index (χ0n) is 22.6. The van der Waals surface area contributed by atoms with Gasteiger partial charge in [0.1, 0.15) is 19.3 Å². The van der Waals surface area contributed by atoms with E-state index in [1.165, 1.54) is 53.4 Å². The maximum Gasteiger partial charge on any atom is 0.410 e. The molecule has 3 amide bonds. The van der Waals surface area contributed by atoms with Gasteiger partial charge in [0.25, 0.3) is 21.5 Å². The maximum absolute atomic E-state index is 13.1. The minimum atomic E-state index is -3.90. The number of amides is 3. The second-order valence-electron chi connectivity index (χ2n) is 9.89. The highest BCUT2D eigenvalue weighted by Gasteiger charge is 2.49. The van der Waals surface area contributed by atoms with Crippen molar-refractivity contribution >= 4 is 39.6 Å². The molecule has 2 aliphatic rings. The fourth-order valence-corrected chi connectivity index (χ4v) is 5.54. The molecule has 0 saturated carbocycles. The summed E-state index contributed by atoms with van der Waals surface area (Å²) in [6.07, 6.45) is -1.88. The van der Waals surface area contributed by atoms with Gasteiger partial charge in [0.2, 0.25) is 5.91 Å². The molecule has 4 rings (SSSR count). The molecule has 2 unspecified atom stereocenters. The highest BCUT2D eigenvalue weighted by atomic mass is 32.2. The lowest BCUT2D eigenvalue weighted by Gasteiger charge is -2.30. The number of carbonyl (C=O) groups is 3. The molecule has 0 bridgehead atoms. The number of nitrogens with zero attached hydrogens (tertiary/aromatic N) is 3. The lowest BCUT2D eigenvalue weighted by Crippen LogP contribution is -2.50. The summed E-state index contributed by atoms with van der Waals surface area (Å²) in [5.74, 6) is -1.27. The molecule has 2 fully saturated rings. The summed E-state index contributed by atoms with van der Waals surface area (Å²) in [6.45, 7) is -0.624. The largest absolute Gasteiger partial charge is 0.445 e. The van der Waals surface area contributed by atoms with Crippen LogP contribution in [-0.4, -0.2) is 78.8 Å². The predicted molar refractivity (Wildman–Crippen MR) is 145 cm³/mol. The average Bonchev–Trinajstić information content (AvgIpc) is 3.52. The van der Waals surface area contributed by atoms with Crippen LogP contribution in [0.5, 0.6) is 0 Å². The number of hydrogen-bond acceptors (Lipinski definition) is 12. The molecule has 2 aliphatic heterocycles.